The number of nitrogens with zero attached hydrogens (tertiary/aromatic N) is 1. The number of fused-ring (bicyclic) bond motifs is 1. The first-order chi connectivity index (χ1) is 16.3. The van der Waals surface area contributed by atoms with E-state index < -0.39 is 34.4 Å². The highest BCUT2D eigenvalue weighted by molar-refractivity contribution is 7.89. The van der Waals surface area contributed by atoms with Gasteiger partial charge >= 0.3 is 5.97 Å². The van der Waals surface area contributed by atoms with Gasteiger partial charge < -0.3 is 14.8 Å². The number of ether oxygens (including phenoxy) is 2. The van der Waals surface area contributed by atoms with Crippen molar-refractivity contribution in [1.82, 2.24) is 4.31 Å². The molecule has 0 radical (unpaired) electrons. The Labute approximate surface area is 200 Å². The molecule has 1 atom stereocenters. The van der Waals surface area contributed by atoms with E-state index in [0.29, 0.717) is 30.8 Å². The Kier molecular flexibility index (Phi) is 7.53. The number of aryl methyl sites for hydroxylation is 1. The van der Waals surface area contributed by atoms with Crippen molar-refractivity contribution < 1.29 is 27.5 Å². The zero-order valence-electron chi connectivity index (χ0n) is 19.3. The van der Waals surface area contributed by atoms with Gasteiger partial charge in [-0.15, -0.1) is 0 Å². The third kappa shape index (κ3) is 5.59. The normalized spacial score (nSPS) is 18.8. The molecule has 0 aromatic heterocycles. The summed E-state index contributed by atoms with van der Waals surface area (Å²) in [7, 11) is -3.66. The number of carbonyl (C=O) groups is 2. The highest BCUT2D eigenvalue weighted by Crippen LogP contribution is 2.28. The molecule has 1 unspecified atom stereocenters. The number of anilines is 1. The molecule has 2 aromatic rings. The van der Waals surface area contributed by atoms with Crippen LogP contribution in [0.25, 0.3) is 0 Å². The number of para-hydroxylation sites is 1. The summed E-state index contributed by atoms with van der Waals surface area (Å²) in [6.07, 6.45) is 4.24. The van der Waals surface area contributed by atoms with Crippen LogP contribution in [-0.4, -0.2) is 50.9 Å². The lowest BCUT2D eigenvalue weighted by molar-refractivity contribution is -0.152. The van der Waals surface area contributed by atoms with Crippen LogP contribution in [0.5, 0.6) is 5.75 Å². The van der Waals surface area contributed by atoms with Gasteiger partial charge in [0.2, 0.25) is 10.0 Å². The van der Waals surface area contributed by atoms with Gasteiger partial charge in [0, 0.05) is 18.8 Å². The number of hydrogen-bond acceptors (Lipinski definition) is 6. The number of esters is 1. The molecule has 2 aliphatic rings. The summed E-state index contributed by atoms with van der Waals surface area (Å²) in [5, 5.41) is 2.64. The van der Waals surface area contributed by atoms with Gasteiger partial charge in [0.05, 0.1) is 10.8 Å². The molecule has 0 aliphatic carbocycles. The number of hydrogen-bond donors (Lipinski definition) is 1. The molecule has 0 saturated carbocycles. The molecule has 182 valence electrons. The standard InChI is InChI=1S/C25H30N2O6S/c1-18-10-11-21(15-23(18)34(30,31)27-12-6-2-3-7-13-27)26-24(28)17-33-25(29)20-14-19-8-4-5-9-22(19)32-16-20/h4-5,8-11,15,20H,2-3,6-7,12-14,16-17H2,1H3,(H,26,28). The van der Waals surface area contributed by atoms with E-state index in [-0.39, 0.29) is 11.5 Å². The lowest BCUT2D eigenvalue weighted by Gasteiger charge is -2.23. The third-order valence-electron chi connectivity index (χ3n) is 6.21. The van der Waals surface area contributed by atoms with E-state index in [9.17, 15) is 18.0 Å². The summed E-state index contributed by atoms with van der Waals surface area (Å²) in [6, 6.07) is 12.3. The predicted molar refractivity (Wildman–Crippen MR) is 127 cm³/mol. The Balaban J connectivity index is 1.36. The molecule has 1 fully saturated rings. The van der Waals surface area contributed by atoms with E-state index in [2.05, 4.69) is 5.32 Å². The first kappa shape index (κ1) is 24.2. The monoisotopic (exact) mass is 486 g/mol. The summed E-state index contributed by atoms with van der Waals surface area (Å²) in [4.78, 5) is 25.0. The van der Waals surface area contributed by atoms with Gasteiger partial charge in [0.1, 0.15) is 12.4 Å². The second-order valence-electron chi connectivity index (χ2n) is 8.77. The maximum absolute atomic E-state index is 13.2. The lowest BCUT2D eigenvalue weighted by atomic mass is 9.97. The molecule has 0 bridgehead atoms. The molecular weight excluding hydrogens is 456 g/mol. The Morgan fingerprint density at radius 2 is 1.82 bits per heavy atom. The van der Waals surface area contributed by atoms with Gasteiger partial charge in [-0.25, -0.2) is 8.42 Å². The van der Waals surface area contributed by atoms with E-state index in [1.807, 2.05) is 24.3 Å². The van der Waals surface area contributed by atoms with Gasteiger partial charge in [-0.1, -0.05) is 37.1 Å². The highest BCUT2D eigenvalue weighted by atomic mass is 32.2. The van der Waals surface area contributed by atoms with Crippen molar-refractivity contribution in [3.8, 4) is 5.75 Å². The van der Waals surface area contributed by atoms with Crippen LogP contribution in [0.3, 0.4) is 0 Å². The van der Waals surface area contributed by atoms with Crippen molar-refractivity contribution in [2.75, 3.05) is 31.6 Å². The molecule has 1 N–H and O–H groups in total. The minimum atomic E-state index is -3.66. The maximum atomic E-state index is 13.2. The lowest BCUT2D eigenvalue weighted by Crippen LogP contribution is -2.32. The van der Waals surface area contributed by atoms with Crippen LogP contribution in [0.4, 0.5) is 5.69 Å². The van der Waals surface area contributed by atoms with Gasteiger partial charge in [-0.05, 0) is 55.5 Å². The number of rotatable bonds is 6. The summed E-state index contributed by atoms with van der Waals surface area (Å²) in [5.41, 5.74) is 1.89. The Hall–Kier alpha value is -2.91. The fraction of sp³-hybridized carbons (Fsp3) is 0.440. The van der Waals surface area contributed by atoms with Crippen LogP contribution < -0.4 is 10.1 Å². The molecule has 8 nitrogen and oxygen atoms in total. The van der Waals surface area contributed by atoms with Crippen LogP contribution in [0.15, 0.2) is 47.4 Å². The van der Waals surface area contributed by atoms with Gasteiger partial charge in [0.25, 0.3) is 5.91 Å². The Bertz CT molecular complexity index is 1160. The number of nitrogens with one attached hydrogen (secondary N) is 1. The quantitative estimate of drug-likeness (QED) is 0.629. The summed E-state index contributed by atoms with van der Waals surface area (Å²) in [5.74, 6) is -0.757. The molecular formula is C25H30N2O6S. The number of sulfonamides is 1. The van der Waals surface area contributed by atoms with E-state index in [1.54, 1.807) is 19.1 Å². The highest BCUT2D eigenvalue weighted by Gasteiger charge is 2.29. The summed E-state index contributed by atoms with van der Waals surface area (Å²) < 4.78 is 38.8. The van der Waals surface area contributed by atoms with E-state index in [1.165, 1.54) is 10.4 Å². The van der Waals surface area contributed by atoms with Crippen LogP contribution in [-0.2, 0) is 30.8 Å². The fourth-order valence-electron chi connectivity index (χ4n) is 4.31. The van der Waals surface area contributed by atoms with Crippen LogP contribution in [0, 0.1) is 12.8 Å². The van der Waals surface area contributed by atoms with Gasteiger partial charge in [0.15, 0.2) is 6.61 Å². The predicted octanol–water partition coefficient (Wildman–Crippen LogP) is 3.29. The molecule has 1 amide bonds. The first-order valence-electron chi connectivity index (χ1n) is 11.6. The molecule has 0 spiro atoms. The zero-order chi connectivity index (χ0) is 24.1. The second kappa shape index (κ2) is 10.6. The maximum Gasteiger partial charge on any atom is 0.313 e. The zero-order valence-corrected chi connectivity index (χ0v) is 20.1. The number of benzene rings is 2. The fourth-order valence-corrected chi connectivity index (χ4v) is 6.08. The van der Waals surface area contributed by atoms with Gasteiger partial charge in [-0.3, -0.25) is 9.59 Å². The average Bonchev–Trinajstić information content (AvgIpc) is 3.14. The van der Waals surface area contributed by atoms with Crippen LogP contribution >= 0.6 is 0 Å². The SMILES string of the molecule is Cc1ccc(NC(=O)COC(=O)C2COc3ccccc3C2)cc1S(=O)(=O)N1CCCCCC1. The van der Waals surface area contributed by atoms with Crippen molar-refractivity contribution in [2.24, 2.45) is 5.92 Å². The van der Waals surface area contributed by atoms with Gasteiger partial charge in [-0.2, -0.15) is 4.31 Å². The van der Waals surface area contributed by atoms with Crippen molar-refractivity contribution in [3.63, 3.8) is 0 Å². The Morgan fingerprint density at radius 3 is 2.59 bits per heavy atom. The third-order valence-corrected chi connectivity index (χ3v) is 8.25. The van der Waals surface area contributed by atoms with Crippen molar-refractivity contribution in [1.29, 1.82) is 0 Å². The smallest absolute Gasteiger partial charge is 0.313 e. The average molecular weight is 487 g/mol. The Morgan fingerprint density at radius 1 is 1.09 bits per heavy atom. The topological polar surface area (TPSA) is 102 Å². The minimum absolute atomic E-state index is 0.183. The molecule has 34 heavy (non-hydrogen) atoms. The number of carbonyl (C=O) groups excluding carboxylic acids is 2. The molecule has 1 saturated heterocycles. The van der Waals surface area contributed by atoms with E-state index in [0.717, 1.165) is 37.0 Å². The minimum Gasteiger partial charge on any atom is -0.492 e. The number of amides is 1. The molecule has 2 heterocycles. The molecule has 4 rings (SSSR count). The second-order valence-corrected chi connectivity index (χ2v) is 10.7. The first-order valence-corrected chi connectivity index (χ1v) is 13.1. The molecule has 9 heteroatoms. The van der Waals surface area contributed by atoms with E-state index in [4.69, 9.17) is 9.47 Å². The van der Waals surface area contributed by atoms with Crippen molar-refractivity contribution in [2.45, 2.75) is 43.9 Å². The van der Waals surface area contributed by atoms with Crippen molar-refractivity contribution >= 4 is 27.6 Å². The van der Waals surface area contributed by atoms with Crippen molar-refractivity contribution in [3.05, 3.63) is 53.6 Å². The summed E-state index contributed by atoms with van der Waals surface area (Å²) >= 11 is 0. The molecule has 2 aliphatic heterocycles. The summed E-state index contributed by atoms with van der Waals surface area (Å²) in [6.45, 7) is 2.49. The van der Waals surface area contributed by atoms with E-state index >= 15 is 0 Å². The van der Waals surface area contributed by atoms with Crippen LogP contribution in [0.1, 0.15) is 36.8 Å². The van der Waals surface area contributed by atoms with Crippen LogP contribution in [0.2, 0.25) is 0 Å². The largest absolute Gasteiger partial charge is 0.492 e. The molecule has 2 aromatic carbocycles.